The molecule has 0 saturated carbocycles. The highest BCUT2D eigenvalue weighted by molar-refractivity contribution is 14.0. The minimum Gasteiger partial charge on any atom is -0.381 e. The van der Waals surface area contributed by atoms with Crippen LogP contribution >= 0.6 is 24.0 Å². The number of aliphatic imine (C=N–C) groups is 1. The maximum Gasteiger partial charge on any atom is 0.222 e. The standard InChI is InChI=1S/C23H38N4O2.HI/c1-4-24-23(26-14-8-16-29-18-19(2)3)25-13-7-11-22(28)27-15-12-20-9-5-6-10-21(20)17-27;/h5-6,9-10,19H,4,7-8,11-18H2,1-3H3,(H2,24,25,26);1H. The highest BCUT2D eigenvalue weighted by atomic mass is 127. The number of carbonyl (C=O) groups is 1. The van der Waals surface area contributed by atoms with Crippen molar-refractivity contribution in [1.82, 2.24) is 15.5 Å². The number of halogens is 1. The molecule has 7 heteroatoms. The van der Waals surface area contributed by atoms with E-state index in [0.717, 1.165) is 64.6 Å². The van der Waals surface area contributed by atoms with Crippen molar-refractivity contribution in [2.75, 3.05) is 39.4 Å². The molecule has 1 aliphatic heterocycles. The van der Waals surface area contributed by atoms with Gasteiger partial charge in [-0.2, -0.15) is 0 Å². The third-order valence-electron chi connectivity index (χ3n) is 4.86. The van der Waals surface area contributed by atoms with Crippen molar-refractivity contribution in [3.05, 3.63) is 35.4 Å². The molecule has 0 atom stereocenters. The minimum absolute atomic E-state index is 0. The Morgan fingerprint density at radius 2 is 1.97 bits per heavy atom. The topological polar surface area (TPSA) is 66.0 Å². The maximum absolute atomic E-state index is 12.5. The lowest BCUT2D eigenvalue weighted by atomic mass is 9.99. The van der Waals surface area contributed by atoms with Crippen LogP contribution in [0.25, 0.3) is 0 Å². The second-order valence-electron chi connectivity index (χ2n) is 7.95. The van der Waals surface area contributed by atoms with Gasteiger partial charge in [-0.25, -0.2) is 0 Å². The van der Waals surface area contributed by atoms with Gasteiger partial charge in [-0.3, -0.25) is 9.79 Å². The Balaban J connectivity index is 0.00000450. The fourth-order valence-electron chi connectivity index (χ4n) is 3.33. The number of hydrogen-bond acceptors (Lipinski definition) is 3. The van der Waals surface area contributed by atoms with Gasteiger partial charge in [-0.05, 0) is 43.2 Å². The zero-order chi connectivity index (χ0) is 20.9. The van der Waals surface area contributed by atoms with Crippen LogP contribution in [0.3, 0.4) is 0 Å². The van der Waals surface area contributed by atoms with Gasteiger partial charge >= 0.3 is 0 Å². The Bertz CT molecular complexity index is 652. The lowest BCUT2D eigenvalue weighted by Gasteiger charge is -2.28. The first kappa shape index (κ1) is 26.7. The number of benzene rings is 1. The first-order valence-corrected chi connectivity index (χ1v) is 11.0. The van der Waals surface area contributed by atoms with Crippen molar-refractivity contribution < 1.29 is 9.53 Å². The normalized spacial score (nSPS) is 13.6. The van der Waals surface area contributed by atoms with Gasteiger partial charge in [0, 0.05) is 52.4 Å². The number of ether oxygens (including phenoxy) is 1. The molecule has 0 aromatic heterocycles. The highest BCUT2D eigenvalue weighted by Crippen LogP contribution is 2.19. The minimum atomic E-state index is 0. The number of rotatable bonds is 11. The Morgan fingerprint density at radius 1 is 1.20 bits per heavy atom. The number of amides is 1. The van der Waals surface area contributed by atoms with Crippen molar-refractivity contribution >= 4 is 35.8 Å². The fourth-order valence-corrected chi connectivity index (χ4v) is 3.33. The number of fused-ring (bicyclic) bond motifs is 1. The van der Waals surface area contributed by atoms with E-state index >= 15 is 0 Å². The third-order valence-corrected chi connectivity index (χ3v) is 4.86. The summed E-state index contributed by atoms with van der Waals surface area (Å²) < 4.78 is 5.60. The van der Waals surface area contributed by atoms with Crippen LogP contribution < -0.4 is 10.6 Å². The molecule has 0 bridgehead atoms. The molecule has 30 heavy (non-hydrogen) atoms. The molecular formula is C23H39IN4O2. The van der Waals surface area contributed by atoms with E-state index in [-0.39, 0.29) is 29.9 Å². The molecule has 2 rings (SSSR count). The summed E-state index contributed by atoms with van der Waals surface area (Å²) in [4.78, 5) is 19.1. The van der Waals surface area contributed by atoms with Gasteiger partial charge in [-0.1, -0.05) is 38.1 Å². The van der Waals surface area contributed by atoms with Crippen LogP contribution in [0.4, 0.5) is 0 Å². The number of carbonyl (C=O) groups excluding carboxylic acids is 1. The summed E-state index contributed by atoms with van der Waals surface area (Å²) in [6, 6.07) is 8.41. The van der Waals surface area contributed by atoms with Crippen LogP contribution in [-0.2, 0) is 22.5 Å². The third kappa shape index (κ3) is 10.1. The van der Waals surface area contributed by atoms with E-state index in [1.165, 1.54) is 11.1 Å². The van der Waals surface area contributed by atoms with E-state index in [9.17, 15) is 4.79 Å². The Hall–Kier alpha value is -1.35. The fraction of sp³-hybridized carbons (Fsp3) is 0.652. The number of hydrogen-bond donors (Lipinski definition) is 2. The van der Waals surface area contributed by atoms with Crippen LogP contribution in [0, 0.1) is 5.92 Å². The van der Waals surface area contributed by atoms with E-state index < -0.39 is 0 Å². The van der Waals surface area contributed by atoms with Crippen molar-refractivity contribution in [1.29, 1.82) is 0 Å². The van der Waals surface area contributed by atoms with Crippen LogP contribution in [0.15, 0.2) is 29.3 Å². The van der Waals surface area contributed by atoms with Crippen molar-refractivity contribution in [2.45, 2.75) is 53.0 Å². The van der Waals surface area contributed by atoms with Gasteiger partial charge in [0.25, 0.3) is 0 Å². The predicted octanol–water partition coefficient (Wildman–Crippen LogP) is 3.59. The molecule has 0 radical (unpaired) electrons. The van der Waals surface area contributed by atoms with Crippen molar-refractivity contribution in [3.63, 3.8) is 0 Å². The molecule has 0 spiro atoms. The Labute approximate surface area is 199 Å². The average molecular weight is 530 g/mol. The SMILES string of the molecule is CCNC(=NCCCC(=O)N1CCc2ccccc2C1)NCCCOCC(C)C.I. The number of nitrogens with one attached hydrogen (secondary N) is 2. The van der Waals surface area contributed by atoms with E-state index in [4.69, 9.17) is 4.74 Å². The second-order valence-corrected chi connectivity index (χ2v) is 7.95. The van der Waals surface area contributed by atoms with Crippen LogP contribution in [-0.4, -0.2) is 56.2 Å². The first-order valence-electron chi connectivity index (χ1n) is 11.0. The molecule has 1 heterocycles. The van der Waals surface area contributed by atoms with Gasteiger partial charge < -0.3 is 20.3 Å². The molecule has 0 fully saturated rings. The molecule has 2 N–H and O–H groups in total. The Morgan fingerprint density at radius 3 is 2.70 bits per heavy atom. The van der Waals surface area contributed by atoms with E-state index in [2.05, 4.69) is 54.6 Å². The summed E-state index contributed by atoms with van der Waals surface area (Å²) >= 11 is 0. The quantitative estimate of drug-likeness (QED) is 0.199. The molecule has 1 aliphatic rings. The van der Waals surface area contributed by atoms with Crippen LogP contribution in [0.5, 0.6) is 0 Å². The van der Waals surface area contributed by atoms with Crippen LogP contribution in [0.1, 0.15) is 51.2 Å². The second kappa shape index (κ2) is 15.5. The molecule has 1 aromatic rings. The molecule has 0 saturated heterocycles. The van der Waals surface area contributed by atoms with Gasteiger partial charge in [0.2, 0.25) is 5.91 Å². The predicted molar refractivity (Wildman–Crippen MR) is 134 cm³/mol. The summed E-state index contributed by atoms with van der Waals surface area (Å²) in [6.45, 7) is 11.8. The summed E-state index contributed by atoms with van der Waals surface area (Å²) in [5, 5.41) is 6.59. The van der Waals surface area contributed by atoms with Crippen molar-refractivity contribution in [2.24, 2.45) is 10.9 Å². The molecular weight excluding hydrogens is 491 g/mol. The average Bonchev–Trinajstić information content (AvgIpc) is 2.72. The highest BCUT2D eigenvalue weighted by Gasteiger charge is 2.19. The lowest BCUT2D eigenvalue weighted by Crippen LogP contribution is -2.38. The smallest absolute Gasteiger partial charge is 0.222 e. The molecule has 6 nitrogen and oxygen atoms in total. The molecule has 1 amide bonds. The van der Waals surface area contributed by atoms with Gasteiger partial charge in [0.05, 0.1) is 0 Å². The van der Waals surface area contributed by atoms with E-state index in [0.29, 0.717) is 18.9 Å². The maximum atomic E-state index is 12.5. The van der Waals surface area contributed by atoms with Gasteiger partial charge in [-0.15, -0.1) is 24.0 Å². The molecule has 1 aromatic carbocycles. The van der Waals surface area contributed by atoms with E-state index in [1.54, 1.807) is 0 Å². The molecule has 170 valence electrons. The summed E-state index contributed by atoms with van der Waals surface area (Å²) in [6.07, 6.45) is 3.22. The summed E-state index contributed by atoms with van der Waals surface area (Å²) in [5.41, 5.74) is 2.65. The van der Waals surface area contributed by atoms with Crippen molar-refractivity contribution in [3.8, 4) is 0 Å². The first-order chi connectivity index (χ1) is 14.1. The van der Waals surface area contributed by atoms with E-state index in [1.807, 2.05) is 11.0 Å². The number of nitrogens with zero attached hydrogens (tertiary/aromatic N) is 2. The van der Waals surface area contributed by atoms with Crippen LogP contribution in [0.2, 0.25) is 0 Å². The Kier molecular flexibility index (Phi) is 13.7. The summed E-state index contributed by atoms with van der Waals surface area (Å²) in [7, 11) is 0. The summed E-state index contributed by atoms with van der Waals surface area (Å²) in [5.74, 6) is 1.62. The van der Waals surface area contributed by atoms with Gasteiger partial charge in [0.15, 0.2) is 5.96 Å². The molecule has 0 unspecified atom stereocenters. The zero-order valence-electron chi connectivity index (χ0n) is 18.8. The number of guanidine groups is 1. The molecule has 0 aliphatic carbocycles. The zero-order valence-corrected chi connectivity index (χ0v) is 21.1. The lowest BCUT2D eigenvalue weighted by molar-refractivity contribution is -0.132. The monoisotopic (exact) mass is 530 g/mol. The largest absolute Gasteiger partial charge is 0.381 e. The van der Waals surface area contributed by atoms with Gasteiger partial charge in [0.1, 0.15) is 0 Å².